The molecule has 0 bridgehead atoms. The van der Waals surface area contributed by atoms with E-state index in [2.05, 4.69) is 35.5 Å². The van der Waals surface area contributed by atoms with Crippen LogP contribution in [0.3, 0.4) is 0 Å². The van der Waals surface area contributed by atoms with E-state index in [-0.39, 0.29) is 0 Å². The van der Waals surface area contributed by atoms with E-state index < -0.39 is 0 Å². The number of nitrogen functional groups attached to an aromatic ring is 1. The predicted molar refractivity (Wildman–Crippen MR) is 81.6 cm³/mol. The molecule has 20 heavy (non-hydrogen) atoms. The van der Waals surface area contributed by atoms with E-state index in [4.69, 9.17) is 10.7 Å². The molecule has 2 N–H and O–H groups in total. The van der Waals surface area contributed by atoms with Gasteiger partial charge in [0, 0.05) is 12.5 Å². The van der Waals surface area contributed by atoms with Crippen LogP contribution < -0.4 is 5.73 Å². The van der Waals surface area contributed by atoms with E-state index in [1.54, 1.807) is 6.20 Å². The van der Waals surface area contributed by atoms with Gasteiger partial charge in [-0.05, 0) is 25.5 Å². The fourth-order valence-electron chi connectivity index (χ4n) is 2.49. The number of benzene rings is 1. The molecule has 0 fully saturated rings. The van der Waals surface area contributed by atoms with Crippen LogP contribution in [0.1, 0.15) is 31.3 Å². The standard InChI is InChI=1S/C16H18N4/c1-11(2)20-15(8-12-6-4-3-5-7-12)19-14-9-13(17)10-18-16(14)20/h3-7,9-11H,8,17H2,1-2H3. The van der Waals surface area contributed by atoms with E-state index in [9.17, 15) is 0 Å². The molecule has 0 spiro atoms. The predicted octanol–water partition coefficient (Wildman–Crippen LogP) is 3.19. The molecule has 4 nitrogen and oxygen atoms in total. The van der Waals surface area contributed by atoms with Gasteiger partial charge in [-0.15, -0.1) is 0 Å². The first-order valence-electron chi connectivity index (χ1n) is 6.81. The Morgan fingerprint density at radius 1 is 1.20 bits per heavy atom. The Morgan fingerprint density at radius 3 is 2.65 bits per heavy atom. The Morgan fingerprint density at radius 2 is 1.95 bits per heavy atom. The zero-order valence-corrected chi connectivity index (χ0v) is 11.7. The Labute approximate surface area is 118 Å². The third kappa shape index (κ3) is 2.25. The molecule has 3 rings (SSSR count). The van der Waals surface area contributed by atoms with Crippen LogP contribution in [-0.4, -0.2) is 14.5 Å². The second kappa shape index (κ2) is 4.96. The van der Waals surface area contributed by atoms with E-state index in [0.29, 0.717) is 11.7 Å². The van der Waals surface area contributed by atoms with Gasteiger partial charge in [0.1, 0.15) is 11.3 Å². The zero-order chi connectivity index (χ0) is 14.1. The molecule has 3 aromatic rings. The van der Waals surface area contributed by atoms with Crippen molar-refractivity contribution < 1.29 is 0 Å². The van der Waals surface area contributed by atoms with Gasteiger partial charge in [-0.1, -0.05) is 30.3 Å². The van der Waals surface area contributed by atoms with Gasteiger partial charge in [-0.3, -0.25) is 0 Å². The van der Waals surface area contributed by atoms with Crippen LogP contribution in [0.2, 0.25) is 0 Å². The van der Waals surface area contributed by atoms with E-state index >= 15 is 0 Å². The van der Waals surface area contributed by atoms with Crippen molar-refractivity contribution in [2.45, 2.75) is 26.3 Å². The van der Waals surface area contributed by atoms with Gasteiger partial charge in [0.05, 0.1) is 11.9 Å². The maximum absolute atomic E-state index is 5.80. The molecule has 0 aliphatic carbocycles. The molecule has 4 heteroatoms. The fraction of sp³-hybridized carbons (Fsp3) is 0.250. The first-order valence-corrected chi connectivity index (χ1v) is 6.81. The molecule has 0 saturated heterocycles. The van der Waals surface area contributed by atoms with Crippen molar-refractivity contribution in [3.8, 4) is 0 Å². The summed E-state index contributed by atoms with van der Waals surface area (Å²) in [5.74, 6) is 1.03. The van der Waals surface area contributed by atoms with Gasteiger partial charge < -0.3 is 10.3 Å². The van der Waals surface area contributed by atoms with Crippen molar-refractivity contribution in [1.82, 2.24) is 14.5 Å². The minimum Gasteiger partial charge on any atom is -0.397 e. The van der Waals surface area contributed by atoms with E-state index in [1.807, 2.05) is 24.3 Å². The number of fused-ring (bicyclic) bond motifs is 1. The van der Waals surface area contributed by atoms with Gasteiger partial charge in [0.15, 0.2) is 5.65 Å². The fourth-order valence-corrected chi connectivity index (χ4v) is 2.49. The molecule has 0 aliphatic heterocycles. The number of nitrogens with zero attached hydrogens (tertiary/aromatic N) is 3. The lowest BCUT2D eigenvalue weighted by molar-refractivity contribution is 0.587. The Bertz CT molecular complexity index is 729. The third-order valence-electron chi connectivity index (χ3n) is 3.35. The minimum absolute atomic E-state index is 0.315. The first kappa shape index (κ1) is 12.7. The van der Waals surface area contributed by atoms with E-state index in [0.717, 1.165) is 23.4 Å². The summed E-state index contributed by atoms with van der Waals surface area (Å²) >= 11 is 0. The lowest BCUT2D eigenvalue weighted by Crippen LogP contribution is -2.07. The summed E-state index contributed by atoms with van der Waals surface area (Å²) in [5.41, 5.74) is 9.47. The number of hydrogen-bond donors (Lipinski definition) is 1. The number of rotatable bonds is 3. The molecule has 0 unspecified atom stereocenters. The van der Waals surface area contributed by atoms with Gasteiger partial charge >= 0.3 is 0 Å². The molecule has 0 radical (unpaired) electrons. The second-order valence-electron chi connectivity index (χ2n) is 5.27. The molecule has 2 aromatic heterocycles. The summed E-state index contributed by atoms with van der Waals surface area (Å²) in [6, 6.07) is 12.6. The van der Waals surface area contributed by atoms with Gasteiger partial charge in [0.2, 0.25) is 0 Å². The second-order valence-corrected chi connectivity index (χ2v) is 5.27. The smallest absolute Gasteiger partial charge is 0.160 e. The van der Waals surface area contributed by atoms with Crippen LogP contribution in [0.5, 0.6) is 0 Å². The Balaban J connectivity index is 2.12. The lowest BCUT2D eigenvalue weighted by Gasteiger charge is -2.12. The van der Waals surface area contributed by atoms with Crippen molar-refractivity contribution >= 4 is 16.9 Å². The summed E-state index contributed by atoms with van der Waals surface area (Å²) in [7, 11) is 0. The monoisotopic (exact) mass is 266 g/mol. The minimum atomic E-state index is 0.315. The maximum atomic E-state index is 5.80. The van der Waals surface area contributed by atoms with Crippen LogP contribution in [0, 0.1) is 0 Å². The zero-order valence-electron chi connectivity index (χ0n) is 11.7. The summed E-state index contributed by atoms with van der Waals surface area (Å²) in [6.45, 7) is 4.29. The Hall–Kier alpha value is -2.36. The highest BCUT2D eigenvalue weighted by Gasteiger charge is 2.14. The maximum Gasteiger partial charge on any atom is 0.160 e. The highest BCUT2D eigenvalue weighted by Crippen LogP contribution is 2.22. The van der Waals surface area contributed by atoms with Crippen LogP contribution in [-0.2, 0) is 6.42 Å². The molecule has 1 aromatic carbocycles. The number of imidazole rings is 1. The van der Waals surface area contributed by atoms with Gasteiger partial charge in [-0.2, -0.15) is 0 Å². The van der Waals surface area contributed by atoms with Crippen LogP contribution in [0.25, 0.3) is 11.2 Å². The number of nitrogens with two attached hydrogens (primary N) is 1. The summed E-state index contributed by atoms with van der Waals surface area (Å²) in [5, 5.41) is 0. The van der Waals surface area contributed by atoms with Crippen LogP contribution in [0.15, 0.2) is 42.6 Å². The number of hydrogen-bond acceptors (Lipinski definition) is 3. The molecular weight excluding hydrogens is 248 g/mol. The number of anilines is 1. The highest BCUT2D eigenvalue weighted by molar-refractivity contribution is 5.75. The topological polar surface area (TPSA) is 56.7 Å². The molecule has 102 valence electrons. The molecule has 2 heterocycles. The Kier molecular flexibility index (Phi) is 3.14. The molecule has 0 amide bonds. The highest BCUT2D eigenvalue weighted by atomic mass is 15.1. The quantitative estimate of drug-likeness (QED) is 0.792. The normalized spacial score (nSPS) is 11.3. The summed E-state index contributed by atoms with van der Waals surface area (Å²) < 4.78 is 2.18. The van der Waals surface area contributed by atoms with Crippen molar-refractivity contribution in [3.05, 3.63) is 54.0 Å². The lowest BCUT2D eigenvalue weighted by atomic mass is 10.1. The van der Waals surface area contributed by atoms with Gasteiger partial charge in [0.25, 0.3) is 0 Å². The van der Waals surface area contributed by atoms with Gasteiger partial charge in [-0.25, -0.2) is 9.97 Å². The molecule has 0 atom stereocenters. The van der Waals surface area contributed by atoms with E-state index in [1.165, 1.54) is 5.56 Å². The SMILES string of the molecule is CC(C)n1c(Cc2ccccc2)nc2cc(N)cnc21. The molecular formula is C16H18N4. The molecule has 0 saturated carbocycles. The average molecular weight is 266 g/mol. The van der Waals surface area contributed by atoms with Crippen molar-refractivity contribution in [3.63, 3.8) is 0 Å². The van der Waals surface area contributed by atoms with Crippen LogP contribution in [0.4, 0.5) is 5.69 Å². The number of aromatic nitrogens is 3. The van der Waals surface area contributed by atoms with Crippen molar-refractivity contribution in [2.75, 3.05) is 5.73 Å². The van der Waals surface area contributed by atoms with Crippen molar-refractivity contribution in [1.29, 1.82) is 0 Å². The first-order chi connectivity index (χ1) is 9.65. The van der Waals surface area contributed by atoms with Crippen LogP contribution >= 0.6 is 0 Å². The van der Waals surface area contributed by atoms with Crippen molar-refractivity contribution in [2.24, 2.45) is 0 Å². The molecule has 0 aliphatic rings. The summed E-state index contributed by atoms with van der Waals surface area (Å²) in [6.07, 6.45) is 2.49. The number of pyridine rings is 1. The average Bonchev–Trinajstić information content (AvgIpc) is 2.76. The third-order valence-corrected chi connectivity index (χ3v) is 3.35. The largest absolute Gasteiger partial charge is 0.397 e. The summed E-state index contributed by atoms with van der Waals surface area (Å²) in [4.78, 5) is 9.15.